The van der Waals surface area contributed by atoms with Crippen molar-refractivity contribution in [2.45, 2.75) is 6.54 Å². The zero-order valence-electron chi connectivity index (χ0n) is 8.41. The van der Waals surface area contributed by atoms with E-state index in [1.807, 2.05) is 25.2 Å². The molecule has 2 aromatic heterocycles. The molecule has 0 radical (unpaired) electrons. The number of rotatable bonds is 2. The van der Waals surface area contributed by atoms with E-state index in [9.17, 15) is 0 Å². The van der Waals surface area contributed by atoms with Gasteiger partial charge in [-0.15, -0.1) is 0 Å². The summed E-state index contributed by atoms with van der Waals surface area (Å²) in [5, 5.41) is 5.35. The summed E-state index contributed by atoms with van der Waals surface area (Å²) in [6.45, 7) is 0.779. The van der Waals surface area contributed by atoms with Crippen LogP contribution in [0.15, 0.2) is 39.6 Å². The van der Waals surface area contributed by atoms with Crippen LogP contribution in [-0.4, -0.2) is 7.05 Å². The van der Waals surface area contributed by atoms with Crippen molar-refractivity contribution in [3.8, 4) is 0 Å². The van der Waals surface area contributed by atoms with Gasteiger partial charge in [0.05, 0.1) is 12.5 Å². The maximum atomic E-state index is 5.50. The average molecular weight is 201 g/mol. The van der Waals surface area contributed by atoms with Crippen molar-refractivity contribution in [3.05, 3.63) is 36.3 Å². The van der Waals surface area contributed by atoms with Crippen LogP contribution in [0, 0.1) is 0 Å². The molecule has 15 heavy (non-hydrogen) atoms. The Morgan fingerprint density at radius 1 is 1.20 bits per heavy atom. The summed E-state index contributed by atoms with van der Waals surface area (Å²) in [4.78, 5) is 0. The predicted octanol–water partition coefficient (Wildman–Crippen LogP) is 2.90. The second-order valence-corrected chi connectivity index (χ2v) is 3.56. The van der Waals surface area contributed by atoms with Crippen molar-refractivity contribution in [2.75, 3.05) is 7.05 Å². The number of benzene rings is 1. The molecule has 3 aromatic rings. The molecular formula is C12H11NO2. The number of hydrogen-bond donors (Lipinski definition) is 1. The summed E-state index contributed by atoms with van der Waals surface area (Å²) in [6.07, 6.45) is 3.42. The summed E-state index contributed by atoms with van der Waals surface area (Å²) in [7, 11) is 1.92. The lowest BCUT2D eigenvalue weighted by atomic mass is 10.1. The van der Waals surface area contributed by atoms with Crippen molar-refractivity contribution in [1.29, 1.82) is 0 Å². The molecule has 0 amide bonds. The van der Waals surface area contributed by atoms with Gasteiger partial charge in [-0.2, -0.15) is 0 Å². The van der Waals surface area contributed by atoms with E-state index in [1.165, 1.54) is 0 Å². The van der Waals surface area contributed by atoms with Gasteiger partial charge in [0, 0.05) is 22.9 Å². The van der Waals surface area contributed by atoms with Crippen molar-refractivity contribution in [1.82, 2.24) is 5.32 Å². The molecule has 0 bridgehead atoms. The molecule has 1 N–H and O–H groups in total. The van der Waals surface area contributed by atoms with E-state index in [-0.39, 0.29) is 0 Å². The molecule has 0 aliphatic heterocycles. The van der Waals surface area contributed by atoms with Crippen LogP contribution in [0.25, 0.3) is 21.9 Å². The normalized spacial score (nSPS) is 11.5. The van der Waals surface area contributed by atoms with E-state index < -0.39 is 0 Å². The first kappa shape index (κ1) is 8.56. The maximum absolute atomic E-state index is 5.50. The molecule has 2 heterocycles. The lowest BCUT2D eigenvalue weighted by Crippen LogP contribution is -2.05. The van der Waals surface area contributed by atoms with E-state index in [2.05, 4.69) is 5.32 Å². The molecule has 3 heteroatoms. The first-order chi connectivity index (χ1) is 7.40. The minimum absolute atomic E-state index is 0.779. The first-order valence-corrected chi connectivity index (χ1v) is 4.91. The highest BCUT2D eigenvalue weighted by Gasteiger charge is 2.11. The SMILES string of the molecule is CNCc1c2ccoc2cc2ccoc12. The van der Waals surface area contributed by atoms with Crippen LogP contribution in [0.3, 0.4) is 0 Å². The highest BCUT2D eigenvalue weighted by molar-refractivity contribution is 5.97. The molecule has 0 fully saturated rings. The summed E-state index contributed by atoms with van der Waals surface area (Å²) < 4.78 is 10.9. The molecule has 0 spiro atoms. The van der Waals surface area contributed by atoms with Gasteiger partial charge in [-0.1, -0.05) is 0 Å². The third-order valence-electron chi connectivity index (χ3n) is 2.63. The Balaban J connectivity index is 2.45. The Hall–Kier alpha value is -1.74. The summed E-state index contributed by atoms with van der Waals surface area (Å²) in [5.74, 6) is 0. The van der Waals surface area contributed by atoms with Crippen LogP contribution in [0.2, 0.25) is 0 Å². The van der Waals surface area contributed by atoms with E-state index in [0.29, 0.717) is 0 Å². The molecule has 3 nitrogen and oxygen atoms in total. The van der Waals surface area contributed by atoms with Crippen molar-refractivity contribution in [2.24, 2.45) is 0 Å². The summed E-state index contributed by atoms with van der Waals surface area (Å²) in [6, 6.07) is 5.94. The number of hydrogen-bond acceptors (Lipinski definition) is 3. The van der Waals surface area contributed by atoms with Gasteiger partial charge in [-0.25, -0.2) is 0 Å². The van der Waals surface area contributed by atoms with Gasteiger partial charge in [0.2, 0.25) is 0 Å². The predicted molar refractivity (Wildman–Crippen MR) is 58.7 cm³/mol. The molecule has 0 saturated heterocycles. The van der Waals surface area contributed by atoms with Gasteiger partial charge < -0.3 is 14.2 Å². The molecule has 3 rings (SSSR count). The quantitative estimate of drug-likeness (QED) is 0.692. The van der Waals surface area contributed by atoms with Crippen LogP contribution < -0.4 is 5.32 Å². The van der Waals surface area contributed by atoms with Crippen LogP contribution in [0.4, 0.5) is 0 Å². The van der Waals surface area contributed by atoms with E-state index in [0.717, 1.165) is 34.0 Å². The van der Waals surface area contributed by atoms with Crippen LogP contribution in [0.5, 0.6) is 0 Å². The molecule has 76 valence electrons. The Morgan fingerprint density at radius 3 is 2.93 bits per heavy atom. The Kier molecular flexibility index (Phi) is 1.79. The molecule has 0 unspecified atom stereocenters. The number of furan rings is 2. The Labute approximate surface area is 86.7 Å². The summed E-state index contributed by atoms with van der Waals surface area (Å²) in [5.41, 5.74) is 3.01. The minimum Gasteiger partial charge on any atom is -0.464 e. The van der Waals surface area contributed by atoms with Gasteiger partial charge in [0.1, 0.15) is 11.2 Å². The molecule has 0 saturated carbocycles. The monoisotopic (exact) mass is 201 g/mol. The van der Waals surface area contributed by atoms with Gasteiger partial charge >= 0.3 is 0 Å². The first-order valence-electron chi connectivity index (χ1n) is 4.91. The highest BCUT2D eigenvalue weighted by atomic mass is 16.3. The fourth-order valence-corrected chi connectivity index (χ4v) is 1.98. The molecule has 0 aliphatic carbocycles. The van der Waals surface area contributed by atoms with Crippen LogP contribution >= 0.6 is 0 Å². The van der Waals surface area contributed by atoms with Crippen molar-refractivity contribution in [3.63, 3.8) is 0 Å². The second-order valence-electron chi connectivity index (χ2n) is 3.56. The Morgan fingerprint density at radius 2 is 2.07 bits per heavy atom. The average Bonchev–Trinajstić information content (AvgIpc) is 2.84. The summed E-state index contributed by atoms with van der Waals surface area (Å²) >= 11 is 0. The Bertz CT molecular complexity index is 557. The topological polar surface area (TPSA) is 38.3 Å². The molecular weight excluding hydrogens is 190 g/mol. The molecule has 1 aromatic carbocycles. The number of nitrogens with one attached hydrogen (secondary N) is 1. The third-order valence-corrected chi connectivity index (χ3v) is 2.63. The minimum atomic E-state index is 0.779. The standard InChI is InChI=1S/C12H11NO2/c1-13-7-10-9-3-5-14-11(9)6-8-2-4-15-12(8)10/h2-6,13H,7H2,1H3. The maximum Gasteiger partial charge on any atom is 0.139 e. The fraction of sp³-hybridized carbons (Fsp3) is 0.167. The third kappa shape index (κ3) is 1.17. The van der Waals surface area contributed by atoms with Crippen LogP contribution in [-0.2, 0) is 6.54 Å². The van der Waals surface area contributed by atoms with Crippen molar-refractivity contribution < 1.29 is 8.83 Å². The van der Waals surface area contributed by atoms with Crippen LogP contribution in [0.1, 0.15) is 5.56 Å². The lowest BCUT2D eigenvalue weighted by molar-refractivity contribution is 0.606. The zero-order chi connectivity index (χ0) is 10.3. The van der Waals surface area contributed by atoms with Gasteiger partial charge in [0.25, 0.3) is 0 Å². The number of fused-ring (bicyclic) bond motifs is 2. The smallest absolute Gasteiger partial charge is 0.139 e. The van der Waals surface area contributed by atoms with Gasteiger partial charge in [-0.3, -0.25) is 0 Å². The lowest BCUT2D eigenvalue weighted by Gasteiger charge is -2.02. The van der Waals surface area contributed by atoms with Gasteiger partial charge in [-0.05, 0) is 25.2 Å². The fourth-order valence-electron chi connectivity index (χ4n) is 1.98. The van der Waals surface area contributed by atoms with E-state index in [4.69, 9.17) is 8.83 Å². The van der Waals surface area contributed by atoms with E-state index in [1.54, 1.807) is 12.5 Å². The largest absolute Gasteiger partial charge is 0.464 e. The van der Waals surface area contributed by atoms with Gasteiger partial charge in [0.15, 0.2) is 0 Å². The zero-order valence-corrected chi connectivity index (χ0v) is 8.41. The second kappa shape index (κ2) is 3.14. The van der Waals surface area contributed by atoms with Crippen molar-refractivity contribution >= 4 is 21.9 Å². The van der Waals surface area contributed by atoms with E-state index >= 15 is 0 Å². The molecule has 0 atom stereocenters. The molecule has 0 aliphatic rings. The highest BCUT2D eigenvalue weighted by Crippen LogP contribution is 2.29.